The van der Waals surface area contributed by atoms with Gasteiger partial charge in [0.15, 0.2) is 0 Å². The van der Waals surface area contributed by atoms with Crippen LogP contribution < -0.4 is 5.32 Å². The molecule has 0 aliphatic rings. The second kappa shape index (κ2) is 7.05. The Morgan fingerprint density at radius 2 is 2.05 bits per heavy atom. The molecule has 0 fully saturated rings. The van der Waals surface area contributed by atoms with Gasteiger partial charge >= 0.3 is 0 Å². The molecule has 0 radical (unpaired) electrons. The molecule has 2 aromatic rings. The number of aromatic nitrogens is 1. The Labute approximate surface area is 115 Å². The van der Waals surface area contributed by atoms with Crippen molar-refractivity contribution in [2.45, 2.75) is 32.7 Å². The molecular formula is C17H22N2. The standard InChI is InChI=1S/C17H22N2/c1-3-10-18-17(16-9-4-5-11-19-16)13-15-8-6-7-14(2)12-15/h4-9,11-12,17-18H,3,10,13H2,1-2H3. The molecule has 2 heteroatoms. The van der Waals surface area contributed by atoms with Crippen molar-refractivity contribution in [2.75, 3.05) is 6.54 Å². The number of aryl methyl sites for hydroxylation is 1. The second-order valence-corrected chi connectivity index (χ2v) is 4.95. The van der Waals surface area contributed by atoms with Crippen molar-refractivity contribution in [3.63, 3.8) is 0 Å². The normalized spacial score (nSPS) is 12.3. The highest BCUT2D eigenvalue weighted by Crippen LogP contribution is 2.17. The third kappa shape index (κ3) is 4.18. The number of rotatable bonds is 6. The third-order valence-electron chi connectivity index (χ3n) is 3.21. The van der Waals surface area contributed by atoms with Gasteiger partial charge in [-0.1, -0.05) is 42.8 Å². The molecule has 1 atom stereocenters. The summed E-state index contributed by atoms with van der Waals surface area (Å²) in [7, 11) is 0. The molecule has 0 aliphatic carbocycles. The van der Waals surface area contributed by atoms with Gasteiger partial charge in [-0.15, -0.1) is 0 Å². The molecule has 0 saturated carbocycles. The number of nitrogens with zero attached hydrogens (tertiary/aromatic N) is 1. The molecule has 2 nitrogen and oxygen atoms in total. The zero-order valence-electron chi connectivity index (χ0n) is 11.8. The monoisotopic (exact) mass is 254 g/mol. The topological polar surface area (TPSA) is 24.9 Å². The molecule has 0 spiro atoms. The first kappa shape index (κ1) is 13.8. The van der Waals surface area contributed by atoms with Crippen LogP contribution in [0.25, 0.3) is 0 Å². The third-order valence-corrected chi connectivity index (χ3v) is 3.21. The van der Waals surface area contributed by atoms with Crippen LogP contribution in [0.15, 0.2) is 48.7 Å². The number of nitrogens with one attached hydrogen (secondary N) is 1. The molecule has 0 saturated heterocycles. The van der Waals surface area contributed by atoms with Crippen LogP contribution >= 0.6 is 0 Å². The molecular weight excluding hydrogens is 232 g/mol. The Morgan fingerprint density at radius 1 is 1.16 bits per heavy atom. The van der Waals surface area contributed by atoms with Crippen molar-refractivity contribution < 1.29 is 0 Å². The smallest absolute Gasteiger partial charge is 0.0576 e. The van der Waals surface area contributed by atoms with Gasteiger partial charge in [-0.05, 0) is 44.0 Å². The van der Waals surface area contributed by atoms with Crippen molar-refractivity contribution in [1.29, 1.82) is 0 Å². The van der Waals surface area contributed by atoms with Gasteiger partial charge in [0.2, 0.25) is 0 Å². The molecule has 1 aromatic heterocycles. The highest BCUT2D eigenvalue weighted by Gasteiger charge is 2.12. The molecule has 100 valence electrons. The van der Waals surface area contributed by atoms with Crippen LogP contribution in [0, 0.1) is 6.92 Å². The summed E-state index contributed by atoms with van der Waals surface area (Å²) in [6.45, 7) is 5.35. The molecule has 1 heterocycles. The minimum absolute atomic E-state index is 0.294. The lowest BCUT2D eigenvalue weighted by Crippen LogP contribution is -2.24. The first-order valence-electron chi connectivity index (χ1n) is 6.99. The number of pyridine rings is 1. The molecule has 1 N–H and O–H groups in total. The largest absolute Gasteiger partial charge is 0.308 e. The van der Waals surface area contributed by atoms with Gasteiger partial charge in [0.25, 0.3) is 0 Å². The first-order chi connectivity index (χ1) is 9.29. The van der Waals surface area contributed by atoms with E-state index in [0.29, 0.717) is 6.04 Å². The Bertz CT molecular complexity index is 494. The van der Waals surface area contributed by atoms with E-state index in [1.807, 2.05) is 12.3 Å². The Hall–Kier alpha value is -1.67. The van der Waals surface area contributed by atoms with E-state index in [9.17, 15) is 0 Å². The maximum atomic E-state index is 4.49. The fourth-order valence-corrected chi connectivity index (χ4v) is 2.26. The summed E-state index contributed by atoms with van der Waals surface area (Å²) in [5.74, 6) is 0. The summed E-state index contributed by atoms with van der Waals surface area (Å²) in [6, 6.07) is 15.1. The number of hydrogen-bond acceptors (Lipinski definition) is 2. The van der Waals surface area contributed by atoms with Gasteiger partial charge in [0.05, 0.1) is 11.7 Å². The van der Waals surface area contributed by atoms with E-state index in [2.05, 4.69) is 60.5 Å². The lowest BCUT2D eigenvalue weighted by molar-refractivity contribution is 0.518. The summed E-state index contributed by atoms with van der Waals surface area (Å²) in [5, 5.41) is 3.59. The van der Waals surface area contributed by atoms with Gasteiger partial charge in [0.1, 0.15) is 0 Å². The average Bonchev–Trinajstić information content (AvgIpc) is 2.44. The van der Waals surface area contributed by atoms with Gasteiger partial charge in [-0.25, -0.2) is 0 Å². The van der Waals surface area contributed by atoms with Crippen LogP contribution in [0.5, 0.6) is 0 Å². The molecule has 0 aliphatic heterocycles. The zero-order valence-corrected chi connectivity index (χ0v) is 11.8. The highest BCUT2D eigenvalue weighted by molar-refractivity contribution is 5.24. The average molecular weight is 254 g/mol. The second-order valence-electron chi connectivity index (χ2n) is 4.95. The van der Waals surface area contributed by atoms with Crippen LogP contribution in [0.1, 0.15) is 36.2 Å². The van der Waals surface area contributed by atoms with Crippen LogP contribution in [0.2, 0.25) is 0 Å². The predicted octanol–water partition coefficient (Wildman–Crippen LogP) is 3.67. The van der Waals surface area contributed by atoms with Gasteiger partial charge < -0.3 is 5.32 Å². The SMILES string of the molecule is CCCNC(Cc1cccc(C)c1)c1ccccn1. The van der Waals surface area contributed by atoms with Crippen molar-refractivity contribution in [3.8, 4) is 0 Å². The lowest BCUT2D eigenvalue weighted by atomic mass is 10.0. The predicted molar refractivity (Wildman–Crippen MR) is 80.2 cm³/mol. The van der Waals surface area contributed by atoms with E-state index in [1.54, 1.807) is 0 Å². The quantitative estimate of drug-likeness (QED) is 0.850. The fraction of sp³-hybridized carbons (Fsp3) is 0.353. The van der Waals surface area contributed by atoms with Crippen LogP contribution in [0.4, 0.5) is 0 Å². The Balaban J connectivity index is 2.14. The van der Waals surface area contributed by atoms with E-state index in [4.69, 9.17) is 0 Å². The summed E-state index contributed by atoms with van der Waals surface area (Å²) < 4.78 is 0. The molecule has 2 rings (SSSR count). The van der Waals surface area contributed by atoms with Crippen molar-refractivity contribution in [2.24, 2.45) is 0 Å². The maximum Gasteiger partial charge on any atom is 0.0576 e. The van der Waals surface area contributed by atoms with Crippen molar-refractivity contribution in [3.05, 3.63) is 65.5 Å². The number of hydrogen-bond donors (Lipinski definition) is 1. The van der Waals surface area contributed by atoms with Crippen LogP contribution in [0.3, 0.4) is 0 Å². The first-order valence-corrected chi connectivity index (χ1v) is 6.99. The highest BCUT2D eigenvalue weighted by atomic mass is 14.9. The Morgan fingerprint density at radius 3 is 2.74 bits per heavy atom. The van der Waals surface area contributed by atoms with E-state index in [0.717, 1.165) is 25.1 Å². The minimum Gasteiger partial charge on any atom is -0.308 e. The zero-order chi connectivity index (χ0) is 13.5. The lowest BCUT2D eigenvalue weighted by Gasteiger charge is -2.18. The molecule has 1 aromatic carbocycles. The number of benzene rings is 1. The van der Waals surface area contributed by atoms with Crippen LogP contribution in [-0.4, -0.2) is 11.5 Å². The van der Waals surface area contributed by atoms with Crippen LogP contribution in [-0.2, 0) is 6.42 Å². The van der Waals surface area contributed by atoms with E-state index in [1.165, 1.54) is 11.1 Å². The molecule has 0 bridgehead atoms. The molecule has 1 unspecified atom stereocenters. The van der Waals surface area contributed by atoms with Crippen molar-refractivity contribution >= 4 is 0 Å². The summed E-state index contributed by atoms with van der Waals surface area (Å²) >= 11 is 0. The summed E-state index contributed by atoms with van der Waals surface area (Å²) in [5.41, 5.74) is 3.80. The summed E-state index contributed by atoms with van der Waals surface area (Å²) in [4.78, 5) is 4.49. The van der Waals surface area contributed by atoms with Gasteiger partial charge in [-0.2, -0.15) is 0 Å². The van der Waals surface area contributed by atoms with Gasteiger partial charge in [0, 0.05) is 6.20 Å². The van der Waals surface area contributed by atoms with Crippen molar-refractivity contribution in [1.82, 2.24) is 10.3 Å². The summed E-state index contributed by atoms with van der Waals surface area (Å²) in [6.07, 6.45) is 3.99. The Kier molecular flexibility index (Phi) is 5.10. The van der Waals surface area contributed by atoms with E-state index >= 15 is 0 Å². The molecule has 0 amide bonds. The van der Waals surface area contributed by atoms with Gasteiger partial charge in [-0.3, -0.25) is 4.98 Å². The molecule has 19 heavy (non-hydrogen) atoms. The van der Waals surface area contributed by atoms with E-state index < -0.39 is 0 Å². The fourth-order valence-electron chi connectivity index (χ4n) is 2.26. The maximum absolute atomic E-state index is 4.49. The minimum atomic E-state index is 0.294. The van der Waals surface area contributed by atoms with E-state index in [-0.39, 0.29) is 0 Å².